The van der Waals surface area contributed by atoms with E-state index in [1.807, 2.05) is 43.3 Å². The van der Waals surface area contributed by atoms with Gasteiger partial charge in [0.25, 0.3) is 5.91 Å². The molecule has 3 rings (SSSR count). The molecule has 0 aliphatic rings. The van der Waals surface area contributed by atoms with Gasteiger partial charge in [-0.1, -0.05) is 29.4 Å². The Bertz CT molecular complexity index is 811. The molecule has 7 heteroatoms. The second-order valence-corrected chi connectivity index (χ2v) is 5.56. The number of rotatable bonds is 8. The molecule has 1 amide bonds. The summed E-state index contributed by atoms with van der Waals surface area (Å²) in [6.07, 6.45) is 3.10. The molecular formula is C18H19N3O4. The van der Waals surface area contributed by atoms with Crippen molar-refractivity contribution in [1.29, 1.82) is 0 Å². The normalized spacial score (nSPS) is 10.8. The molecule has 1 aromatic carbocycles. The van der Waals surface area contributed by atoms with Crippen LogP contribution in [-0.2, 0) is 22.5 Å². The molecule has 0 bridgehead atoms. The van der Waals surface area contributed by atoms with Crippen LogP contribution < -0.4 is 5.48 Å². The molecule has 0 aliphatic carbocycles. The first-order valence-corrected chi connectivity index (χ1v) is 8.04. The van der Waals surface area contributed by atoms with Crippen molar-refractivity contribution in [3.05, 3.63) is 59.9 Å². The molecule has 130 valence electrons. The van der Waals surface area contributed by atoms with Crippen LogP contribution in [0.4, 0.5) is 0 Å². The van der Waals surface area contributed by atoms with Crippen molar-refractivity contribution in [2.24, 2.45) is 0 Å². The number of amides is 1. The second-order valence-electron chi connectivity index (χ2n) is 5.56. The van der Waals surface area contributed by atoms with Crippen molar-refractivity contribution in [3.8, 4) is 11.4 Å². The third-order valence-corrected chi connectivity index (χ3v) is 3.60. The van der Waals surface area contributed by atoms with Crippen molar-refractivity contribution in [2.45, 2.75) is 26.2 Å². The molecular weight excluding hydrogens is 322 g/mol. The summed E-state index contributed by atoms with van der Waals surface area (Å²) in [6, 6.07) is 11.5. The lowest BCUT2D eigenvalue weighted by Gasteiger charge is -2.03. The number of nitrogens with one attached hydrogen (secondary N) is 1. The van der Waals surface area contributed by atoms with Gasteiger partial charge in [-0.3, -0.25) is 9.63 Å². The smallest absolute Gasteiger partial charge is 0.252 e. The van der Waals surface area contributed by atoms with Crippen LogP contribution in [0.15, 0.2) is 51.6 Å². The van der Waals surface area contributed by atoms with E-state index in [0.29, 0.717) is 12.4 Å². The summed E-state index contributed by atoms with van der Waals surface area (Å²) >= 11 is 0. The number of aryl methyl sites for hydroxylation is 2. The van der Waals surface area contributed by atoms with E-state index in [4.69, 9.17) is 13.8 Å². The number of hydroxylamine groups is 1. The molecule has 0 spiro atoms. The van der Waals surface area contributed by atoms with Gasteiger partial charge in [0.2, 0.25) is 11.7 Å². The van der Waals surface area contributed by atoms with E-state index in [9.17, 15) is 4.79 Å². The number of carbonyl (C=O) groups is 1. The molecule has 0 saturated carbocycles. The topological polar surface area (TPSA) is 90.4 Å². The van der Waals surface area contributed by atoms with E-state index in [0.717, 1.165) is 29.7 Å². The van der Waals surface area contributed by atoms with Gasteiger partial charge >= 0.3 is 0 Å². The fourth-order valence-corrected chi connectivity index (χ4v) is 2.34. The van der Waals surface area contributed by atoms with Crippen molar-refractivity contribution in [2.75, 3.05) is 6.61 Å². The molecule has 0 aliphatic heterocycles. The Morgan fingerprint density at radius 2 is 2.12 bits per heavy atom. The first-order valence-electron chi connectivity index (χ1n) is 8.04. The predicted octanol–water partition coefficient (Wildman–Crippen LogP) is 2.86. The van der Waals surface area contributed by atoms with Crippen molar-refractivity contribution in [3.63, 3.8) is 0 Å². The molecule has 1 N–H and O–H groups in total. The minimum Gasteiger partial charge on any atom is -0.469 e. The van der Waals surface area contributed by atoms with Crippen molar-refractivity contribution in [1.82, 2.24) is 15.6 Å². The summed E-state index contributed by atoms with van der Waals surface area (Å²) in [5.74, 6) is 1.28. The molecule has 7 nitrogen and oxygen atoms in total. The van der Waals surface area contributed by atoms with Gasteiger partial charge in [-0.25, -0.2) is 5.48 Å². The Balaban J connectivity index is 1.42. The Labute approximate surface area is 144 Å². The van der Waals surface area contributed by atoms with Crippen molar-refractivity contribution < 1.29 is 18.6 Å². The molecule has 0 unspecified atom stereocenters. The number of furan rings is 1. The van der Waals surface area contributed by atoms with E-state index in [-0.39, 0.29) is 18.2 Å². The van der Waals surface area contributed by atoms with Gasteiger partial charge in [0.05, 0.1) is 12.9 Å². The van der Waals surface area contributed by atoms with Crippen LogP contribution in [0, 0.1) is 6.92 Å². The number of nitrogens with zero attached hydrogens (tertiary/aromatic N) is 2. The predicted molar refractivity (Wildman–Crippen MR) is 89.3 cm³/mol. The summed E-state index contributed by atoms with van der Waals surface area (Å²) in [6.45, 7) is 2.36. The number of hydrogen-bond donors (Lipinski definition) is 1. The lowest BCUT2D eigenvalue weighted by Crippen LogP contribution is -2.26. The van der Waals surface area contributed by atoms with Crippen LogP contribution in [0.1, 0.15) is 23.6 Å². The molecule has 2 heterocycles. The lowest BCUT2D eigenvalue weighted by atomic mass is 10.1. The molecule has 25 heavy (non-hydrogen) atoms. The van der Waals surface area contributed by atoms with E-state index in [2.05, 4.69) is 15.6 Å². The number of carbonyl (C=O) groups excluding carboxylic acids is 1. The maximum atomic E-state index is 11.8. The Morgan fingerprint density at radius 3 is 2.92 bits per heavy atom. The highest BCUT2D eigenvalue weighted by molar-refractivity contribution is 5.76. The van der Waals surface area contributed by atoms with Gasteiger partial charge in [-0.2, -0.15) is 4.98 Å². The highest BCUT2D eigenvalue weighted by Crippen LogP contribution is 2.19. The van der Waals surface area contributed by atoms with Gasteiger partial charge in [-0.15, -0.1) is 0 Å². The first-order chi connectivity index (χ1) is 12.2. The maximum absolute atomic E-state index is 11.8. The van der Waals surface area contributed by atoms with E-state index >= 15 is 0 Å². The van der Waals surface area contributed by atoms with Crippen LogP contribution in [0.25, 0.3) is 11.4 Å². The summed E-state index contributed by atoms with van der Waals surface area (Å²) < 4.78 is 10.3. The largest absolute Gasteiger partial charge is 0.469 e. The molecule has 0 saturated heterocycles. The Morgan fingerprint density at radius 1 is 1.24 bits per heavy atom. The van der Waals surface area contributed by atoms with E-state index in [1.165, 1.54) is 0 Å². The lowest BCUT2D eigenvalue weighted by molar-refractivity contribution is -0.133. The zero-order chi connectivity index (χ0) is 17.5. The summed E-state index contributed by atoms with van der Waals surface area (Å²) in [5.41, 5.74) is 4.30. The summed E-state index contributed by atoms with van der Waals surface area (Å²) in [4.78, 5) is 21.2. The second kappa shape index (κ2) is 8.25. The number of hydrogen-bond acceptors (Lipinski definition) is 6. The summed E-state index contributed by atoms with van der Waals surface area (Å²) in [5, 5.41) is 3.92. The van der Waals surface area contributed by atoms with Gasteiger partial charge in [0, 0.05) is 12.0 Å². The molecule has 0 radical (unpaired) electrons. The van der Waals surface area contributed by atoms with Gasteiger partial charge in [-0.05, 0) is 31.0 Å². The Hall–Kier alpha value is -2.93. The van der Waals surface area contributed by atoms with Crippen LogP contribution in [-0.4, -0.2) is 22.7 Å². The SMILES string of the molecule is Cc1ccccc1-c1noc(CC(=O)NOCCCc2ccco2)n1. The fraction of sp³-hybridized carbons (Fsp3) is 0.278. The minimum absolute atomic E-state index is 0.0307. The zero-order valence-corrected chi connectivity index (χ0v) is 13.9. The van der Waals surface area contributed by atoms with Crippen molar-refractivity contribution >= 4 is 5.91 Å². The minimum atomic E-state index is -0.335. The van der Waals surface area contributed by atoms with Crippen LogP contribution in [0.2, 0.25) is 0 Å². The highest BCUT2D eigenvalue weighted by Gasteiger charge is 2.13. The number of benzene rings is 1. The Kier molecular flexibility index (Phi) is 5.58. The van der Waals surface area contributed by atoms with Crippen LogP contribution in [0.5, 0.6) is 0 Å². The van der Waals surface area contributed by atoms with Crippen LogP contribution in [0.3, 0.4) is 0 Å². The third-order valence-electron chi connectivity index (χ3n) is 3.60. The fourth-order valence-electron chi connectivity index (χ4n) is 2.34. The zero-order valence-electron chi connectivity index (χ0n) is 13.9. The molecule has 2 aromatic heterocycles. The quantitative estimate of drug-likeness (QED) is 0.500. The standard InChI is InChI=1S/C18H19N3O4/c1-13-6-2-3-9-15(13)18-19-17(25-21-18)12-16(22)20-24-11-5-8-14-7-4-10-23-14/h2-4,6-7,9-10H,5,8,11-12H2,1H3,(H,20,22). The molecule has 0 atom stereocenters. The maximum Gasteiger partial charge on any atom is 0.252 e. The third kappa shape index (κ3) is 4.77. The van der Waals surface area contributed by atoms with Gasteiger partial charge in [0.1, 0.15) is 12.2 Å². The average Bonchev–Trinajstić information content (AvgIpc) is 3.27. The molecule has 3 aromatic rings. The molecule has 0 fully saturated rings. The van der Waals surface area contributed by atoms with Gasteiger partial charge < -0.3 is 8.94 Å². The average molecular weight is 341 g/mol. The monoisotopic (exact) mass is 341 g/mol. The number of aromatic nitrogens is 2. The summed E-state index contributed by atoms with van der Waals surface area (Å²) in [7, 11) is 0. The highest BCUT2D eigenvalue weighted by atomic mass is 16.6. The van der Waals surface area contributed by atoms with E-state index < -0.39 is 0 Å². The van der Waals surface area contributed by atoms with E-state index in [1.54, 1.807) is 6.26 Å². The first kappa shape index (κ1) is 16.9. The van der Waals surface area contributed by atoms with Crippen LogP contribution >= 0.6 is 0 Å². The van der Waals surface area contributed by atoms with Gasteiger partial charge in [0.15, 0.2) is 0 Å².